The number of hydrogen-bond acceptors (Lipinski definition) is 7. The molecule has 2 heterocycles. The van der Waals surface area contributed by atoms with Gasteiger partial charge in [-0.25, -0.2) is 4.79 Å². The Bertz CT molecular complexity index is 1840. The largest absolute Gasteiger partial charge is 0.485 e. The Hall–Kier alpha value is -5.50. The molecule has 11 heteroatoms. The fourth-order valence-electron chi connectivity index (χ4n) is 4.76. The highest BCUT2D eigenvalue weighted by molar-refractivity contribution is 5.86. The number of halogens is 3. The number of likely N-dealkylation sites (N-methyl/N-ethyl adjacent to an activating group) is 1. The van der Waals surface area contributed by atoms with Crippen LogP contribution in [0.3, 0.4) is 0 Å². The zero-order valence-electron chi connectivity index (χ0n) is 23.8. The molecule has 0 aliphatic carbocycles. The summed E-state index contributed by atoms with van der Waals surface area (Å²) in [4.78, 5) is 20.5. The summed E-state index contributed by atoms with van der Waals surface area (Å²) in [5.74, 6) is -6.35. The van der Waals surface area contributed by atoms with Gasteiger partial charge in [-0.15, -0.1) is 0 Å². The van der Waals surface area contributed by atoms with E-state index in [4.69, 9.17) is 14.2 Å². The Morgan fingerprint density at radius 1 is 1.02 bits per heavy atom. The summed E-state index contributed by atoms with van der Waals surface area (Å²) in [6, 6.07) is 21.4. The number of esters is 1. The van der Waals surface area contributed by atoms with Crippen LogP contribution in [0.15, 0.2) is 79.0 Å². The van der Waals surface area contributed by atoms with Crippen LogP contribution in [-0.4, -0.2) is 35.6 Å². The number of ether oxygens (including phenoxy) is 3. The lowest BCUT2D eigenvalue weighted by Gasteiger charge is -2.29. The van der Waals surface area contributed by atoms with Gasteiger partial charge >= 0.3 is 5.97 Å². The van der Waals surface area contributed by atoms with Gasteiger partial charge in [0, 0.05) is 36.6 Å². The van der Waals surface area contributed by atoms with Crippen LogP contribution < -0.4 is 14.4 Å². The van der Waals surface area contributed by atoms with Crippen LogP contribution in [0.1, 0.15) is 23.6 Å². The van der Waals surface area contributed by atoms with E-state index in [1.807, 2.05) is 60.7 Å². The van der Waals surface area contributed by atoms with Gasteiger partial charge < -0.3 is 24.1 Å². The molecule has 0 spiro atoms. The monoisotopic (exact) mass is 600 g/mol. The molecular formula is C33H27F3N4O4. The SMILES string of the molecule is CCOC(=O)C(Cc1c[nH]c2ccccc12)N(C)c1c(F)c(F)nc(Oc2cc(C#N)ccc2OCc2ccccc2)c1F. The van der Waals surface area contributed by atoms with Gasteiger partial charge in [0.15, 0.2) is 11.5 Å². The second-order valence-electron chi connectivity index (χ2n) is 9.78. The third-order valence-corrected chi connectivity index (χ3v) is 6.97. The zero-order chi connectivity index (χ0) is 31.2. The molecule has 224 valence electrons. The predicted molar refractivity (Wildman–Crippen MR) is 157 cm³/mol. The van der Waals surface area contributed by atoms with Crippen molar-refractivity contribution in [1.82, 2.24) is 9.97 Å². The highest BCUT2D eigenvalue weighted by Gasteiger charge is 2.33. The van der Waals surface area contributed by atoms with Crippen molar-refractivity contribution >= 4 is 22.6 Å². The van der Waals surface area contributed by atoms with E-state index in [2.05, 4.69) is 9.97 Å². The molecule has 0 aliphatic heterocycles. The van der Waals surface area contributed by atoms with Gasteiger partial charge in [0.1, 0.15) is 18.3 Å². The maximum atomic E-state index is 16.1. The Balaban J connectivity index is 1.51. The summed E-state index contributed by atoms with van der Waals surface area (Å²) in [6.07, 6.45) is 1.68. The van der Waals surface area contributed by atoms with Gasteiger partial charge in [0.2, 0.25) is 11.6 Å². The fraction of sp³-hybridized carbons (Fsp3) is 0.182. The maximum absolute atomic E-state index is 16.1. The molecule has 0 radical (unpaired) electrons. The van der Waals surface area contributed by atoms with Crippen LogP contribution in [-0.2, 0) is 22.6 Å². The molecule has 0 bridgehead atoms. The van der Waals surface area contributed by atoms with E-state index in [-0.39, 0.29) is 36.7 Å². The Morgan fingerprint density at radius 2 is 1.77 bits per heavy atom. The van der Waals surface area contributed by atoms with Crippen LogP contribution in [0.5, 0.6) is 17.4 Å². The Morgan fingerprint density at radius 3 is 2.52 bits per heavy atom. The van der Waals surface area contributed by atoms with Crippen LogP contribution in [0.2, 0.25) is 0 Å². The smallest absolute Gasteiger partial charge is 0.329 e. The van der Waals surface area contributed by atoms with Crippen molar-refractivity contribution in [3.63, 3.8) is 0 Å². The summed E-state index contributed by atoms with van der Waals surface area (Å²) in [5.41, 5.74) is 1.58. The molecule has 0 amide bonds. The number of rotatable bonds is 11. The molecule has 1 N–H and O–H groups in total. The average molecular weight is 601 g/mol. The number of H-pyrrole nitrogens is 1. The van der Waals surface area contributed by atoms with Gasteiger partial charge in [-0.2, -0.15) is 23.4 Å². The third-order valence-electron chi connectivity index (χ3n) is 6.97. The number of benzene rings is 3. The standard InChI is InChI=1S/C33H27F3N4O4/c1-3-42-33(41)25(16-22-18-38-24-12-8-7-11-23(22)24)40(2)30-28(34)31(36)39-32(29(30)35)44-27-15-21(17-37)13-14-26(27)43-19-20-9-5-4-6-10-20/h4-15,18,25,38H,3,16,19H2,1-2H3. The lowest BCUT2D eigenvalue weighted by atomic mass is 10.0. The number of nitriles is 1. The molecule has 1 unspecified atom stereocenters. The van der Waals surface area contributed by atoms with Gasteiger partial charge in [-0.05, 0) is 36.2 Å². The molecule has 1 atom stereocenters. The van der Waals surface area contributed by atoms with E-state index in [9.17, 15) is 14.4 Å². The molecule has 0 aliphatic rings. The normalized spacial score (nSPS) is 11.5. The Labute approximate surface area is 251 Å². The molecule has 0 fully saturated rings. The van der Waals surface area contributed by atoms with Gasteiger partial charge in [-0.3, -0.25) is 0 Å². The number of aromatic amines is 1. The first-order valence-corrected chi connectivity index (χ1v) is 13.7. The summed E-state index contributed by atoms with van der Waals surface area (Å²) >= 11 is 0. The summed E-state index contributed by atoms with van der Waals surface area (Å²) in [7, 11) is 1.26. The number of hydrogen-bond donors (Lipinski definition) is 1. The number of aromatic nitrogens is 2. The summed E-state index contributed by atoms with van der Waals surface area (Å²) in [5, 5.41) is 10.2. The predicted octanol–water partition coefficient (Wildman–Crippen LogP) is 6.83. The van der Waals surface area contributed by atoms with Crippen molar-refractivity contribution in [1.29, 1.82) is 5.26 Å². The zero-order valence-corrected chi connectivity index (χ0v) is 23.8. The minimum Gasteiger partial charge on any atom is -0.485 e. The highest BCUT2D eigenvalue weighted by Crippen LogP contribution is 2.38. The lowest BCUT2D eigenvalue weighted by molar-refractivity contribution is -0.144. The Kier molecular flexibility index (Phi) is 9.00. The van der Waals surface area contributed by atoms with Crippen molar-refractivity contribution in [3.05, 3.63) is 113 Å². The second kappa shape index (κ2) is 13.2. The van der Waals surface area contributed by atoms with E-state index < -0.39 is 41.2 Å². The first kappa shape index (κ1) is 30.0. The minimum atomic E-state index is -1.65. The van der Waals surface area contributed by atoms with E-state index in [1.165, 1.54) is 25.2 Å². The lowest BCUT2D eigenvalue weighted by Crippen LogP contribution is -2.42. The maximum Gasteiger partial charge on any atom is 0.329 e. The third kappa shape index (κ3) is 6.29. The van der Waals surface area contributed by atoms with Crippen LogP contribution in [0, 0.1) is 28.9 Å². The molecule has 3 aromatic carbocycles. The molecule has 5 rings (SSSR count). The van der Waals surface area contributed by atoms with Gasteiger partial charge in [0.05, 0.1) is 18.2 Å². The van der Waals surface area contributed by atoms with Gasteiger partial charge in [-0.1, -0.05) is 48.5 Å². The number of pyridine rings is 1. The first-order chi connectivity index (χ1) is 21.3. The number of carbonyl (C=O) groups is 1. The molecule has 5 aromatic rings. The molecule has 0 saturated heterocycles. The topological polar surface area (TPSA) is 100 Å². The van der Waals surface area contributed by atoms with Gasteiger partial charge in [0.25, 0.3) is 11.8 Å². The quantitative estimate of drug-likeness (QED) is 0.131. The van der Waals surface area contributed by atoms with Crippen LogP contribution in [0.4, 0.5) is 18.9 Å². The van der Waals surface area contributed by atoms with Crippen molar-refractivity contribution in [3.8, 4) is 23.4 Å². The molecule has 2 aromatic heterocycles. The molecular weight excluding hydrogens is 573 g/mol. The van der Waals surface area contributed by atoms with Crippen molar-refractivity contribution < 1.29 is 32.2 Å². The first-order valence-electron chi connectivity index (χ1n) is 13.7. The number of fused-ring (bicyclic) bond motifs is 1. The second-order valence-corrected chi connectivity index (χ2v) is 9.78. The molecule has 8 nitrogen and oxygen atoms in total. The number of carbonyl (C=O) groups excluding carboxylic acids is 1. The van der Waals surface area contributed by atoms with Crippen molar-refractivity contribution in [2.24, 2.45) is 0 Å². The number of anilines is 1. The van der Waals surface area contributed by atoms with E-state index in [1.54, 1.807) is 13.1 Å². The van der Waals surface area contributed by atoms with E-state index >= 15 is 8.78 Å². The number of nitrogens with one attached hydrogen (secondary N) is 1. The number of para-hydroxylation sites is 1. The number of nitrogens with zero attached hydrogens (tertiary/aromatic N) is 3. The fourth-order valence-corrected chi connectivity index (χ4v) is 4.76. The minimum absolute atomic E-state index is 0.0138. The van der Waals surface area contributed by atoms with Crippen LogP contribution in [0.25, 0.3) is 10.9 Å². The molecule has 44 heavy (non-hydrogen) atoms. The van der Waals surface area contributed by atoms with Crippen molar-refractivity contribution in [2.45, 2.75) is 26.0 Å². The molecule has 0 saturated carbocycles. The highest BCUT2D eigenvalue weighted by atomic mass is 19.2. The van der Waals surface area contributed by atoms with Crippen LogP contribution >= 0.6 is 0 Å². The summed E-state index contributed by atoms with van der Waals surface area (Å²) in [6.45, 7) is 1.73. The summed E-state index contributed by atoms with van der Waals surface area (Å²) < 4.78 is 63.0. The van der Waals surface area contributed by atoms with Crippen molar-refractivity contribution in [2.75, 3.05) is 18.6 Å². The van der Waals surface area contributed by atoms with E-state index in [0.717, 1.165) is 21.4 Å². The van der Waals surface area contributed by atoms with E-state index in [0.29, 0.717) is 5.56 Å². The average Bonchev–Trinajstić information content (AvgIpc) is 3.45.